The quantitative estimate of drug-likeness (QED) is 0.656. The summed E-state index contributed by atoms with van der Waals surface area (Å²) in [7, 11) is 0. The van der Waals surface area contributed by atoms with Crippen molar-refractivity contribution in [3.8, 4) is 11.3 Å². The van der Waals surface area contributed by atoms with Gasteiger partial charge in [0.05, 0.1) is 17.3 Å². The van der Waals surface area contributed by atoms with Crippen LogP contribution in [0.2, 0.25) is 0 Å². The molecule has 1 aliphatic carbocycles. The van der Waals surface area contributed by atoms with Crippen LogP contribution < -0.4 is 5.01 Å². The van der Waals surface area contributed by atoms with Crippen LogP contribution in [0.25, 0.3) is 11.3 Å². The molecular formula is C21H16F3N3OS. The molecule has 2 heterocycles. The Balaban J connectivity index is 1.60. The normalized spacial score (nSPS) is 23.1. The molecule has 1 aliphatic heterocycles. The van der Waals surface area contributed by atoms with Crippen LogP contribution in [0.4, 0.5) is 18.3 Å². The summed E-state index contributed by atoms with van der Waals surface area (Å²) in [5, 5.41) is 17.5. The standard InChI is InChI=1S/C21H16F3N3OS/c1-12-6-8-13(9-7-12)17-11-29-19(25-17)27-20(28,21(22,23)24)16-10-14-4-2-3-5-15(14)18(16)26-27/h2-9,11,16,28H,10H2,1H3. The molecule has 5 rings (SSSR count). The Morgan fingerprint density at radius 2 is 1.86 bits per heavy atom. The van der Waals surface area contributed by atoms with Crippen LogP contribution in [0, 0.1) is 12.8 Å². The average Bonchev–Trinajstić information content (AvgIpc) is 3.36. The number of benzene rings is 2. The second kappa shape index (κ2) is 6.14. The van der Waals surface area contributed by atoms with Crippen molar-refractivity contribution >= 4 is 22.2 Å². The van der Waals surface area contributed by atoms with Gasteiger partial charge in [-0.1, -0.05) is 54.1 Å². The van der Waals surface area contributed by atoms with Crippen LogP contribution in [0.3, 0.4) is 0 Å². The largest absolute Gasteiger partial charge is 0.439 e. The SMILES string of the molecule is Cc1ccc(-c2csc(N3N=C4c5ccccc5CC4C3(O)C(F)(F)F)n2)cc1. The molecule has 1 aromatic heterocycles. The van der Waals surface area contributed by atoms with E-state index in [0.717, 1.165) is 28.0 Å². The smallest absolute Gasteiger partial charge is 0.362 e. The third-order valence-electron chi connectivity index (χ3n) is 5.50. The number of hydrogen-bond donors (Lipinski definition) is 1. The van der Waals surface area contributed by atoms with Crippen molar-refractivity contribution in [3.63, 3.8) is 0 Å². The summed E-state index contributed by atoms with van der Waals surface area (Å²) in [5.41, 5.74) is 0.957. The van der Waals surface area contributed by atoms with Gasteiger partial charge in [0.1, 0.15) is 0 Å². The number of rotatable bonds is 2. The maximum absolute atomic E-state index is 14.1. The molecule has 2 atom stereocenters. The van der Waals surface area contributed by atoms with Gasteiger partial charge in [0.15, 0.2) is 0 Å². The van der Waals surface area contributed by atoms with E-state index in [1.807, 2.05) is 31.2 Å². The highest BCUT2D eigenvalue weighted by Gasteiger charge is 2.69. The van der Waals surface area contributed by atoms with E-state index < -0.39 is 17.8 Å². The van der Waals surface area contributed by atoms with Crippen LogP contribution >= 0.6 is 11.3 Å². The van der Waals surface area contributed by atoms with Gasteiger partial charge in [0.25, 0.3) is 5.72 Å². The molecule has 0 spiro atoms. The number of hydrogen-bond acceptors (Lipinski definition) is 5. The second-order valence-corrected chi connectivity index (χ2v) is 8.15. The predicted molar refractivity (Wildman–Crippen MR) is 106 cm³/mol. The first-order valence-corrected chi connectivity index (χ1v) is 9.95. The molecule has 2 unspecified atom stereocenters. The molecule has 2 aromatic carbocycles. The highest BCUT2D eigenvalue weighted by molar-refractivity contribution is 7.14. The number of hydrazone groups is 1. The van der Waals surface area contributed by atoms with Crippen molar-refractivity contribution in [1.29, 1.82) is 0 Å². The molecule has 0 radical (unpaired) electrons. The van der Waals surface area contributed by atoms with E-state index >= 15 is 0 Å². The number of aliphatic hydroxyl groups is 1. The van der Waals surface area contributed by atoms with E-state index in [0.29, 0.717) is 16.3 Å². The van der Waals surface area contributed by atoms with Gasteiger partial charge in [-0.15, -0.1) is 11.3 Å². The fourth-order valence-corrected chi connectivity index (χ4v) is 4.80. The zero-order valence-corrected chi connectivity index (χ0v) is 16.1. The number of halogens is 3. The fourth-order valence-electron chi connectivity index (χ4n) is 3.97. The number of anilines is 1. The zero-order chi connectivity index (χ0) is 20.4. The van der Waals surface area contributed by atoms with E-state index in [1.54, 1.807) is 29.6 Å². The van der Waals surface area contributed by atoms with Crippen LogP contribution in [-0.2, 0) is 6.42 Å². The van der Waals surface area contributed by atoms with E-state index in [2.05, 4.69) is 10.1 Å². The molecule has 148 valence electrons. The van der Waals surface area contributed by atoms with Gasteiger partial charge in [-0.2, -0.15) is 23.3 Å². The summed E-state index contributed by atoms with van der Waals surface area (Å²) in [5.74, 6) is -1.19. The molecule has 8 heteroatoms. The van der Waals surface area contributed by atoms with Crippen molar-refractivity contribution in [3.05, 3.63) is 70.6 Å². The van der Waals surface area contributed by atoms with E-state index in [-0.39, 0.29) is 17.3 Å². The Bertz CT molecular complexity index is 1120. The van der Waals surface area contributed by atoms with Crippen molar-refractivity contribution < 1.29 is 18.3 Å². The van der Waals surface area contributed by atoms with Crippen LogP contribution in [0.5, 0.6) is 0 Å². The van der Waals surface area contributed by atoms with Crippen LogP contribution in [-0.4, -0.2) is 27.7 Å². The summed E-state index contributed by atoms with van der Waals surface area (Å²) in [6.07, 6.45) is -4.82. The van der Waals surface area contributed by atoms with Gasteiger partial charge in [-0.3, -0.25) is 0 Å². The van der Waals surface area contributed by atoms with Gasteiger partial charge in [0.2, 0.25) is 5.13 Å². The van der Waals surface area contributed by atoms with Crippen LogP contribution in [0.15, 0.2) is 59.0 Å². The first kappa shape index (κ1) is 18.3. The number of alkyl halides is 3. The minimum absolute atomic E-state index is 0.0137. The van der Waals surface area contributed by atoms with Gasteiger partial charge in [-0.25, -0.2) is 4.98 Å². The third-order valence-corrected chi connectivity index (χ3v) is 6.32. The highest BCUT2D eigenvalue weighted by atomic mass is 32.1. The Labute approximate surface area is 168 Å². The summed E-state index contributed by atoms with van der Waals surface area (Å²) in [4.78, 5) is 4.36. The van der Waals surface area contributed by atoms with Crippen molar-refractivity contribution in [2.45, 2.75) is 25.2 Å². The minimum atomic E-state index is -4.90. The van der Waals surface area contributed by atoms with E-state index in [9.17, 15) is 18.3 Å². The Hall–Kier alpha value is -2.71. The molecule has 1 N–H and O–H groups in total. The zero-order valence-electron chi connectivity index (χ0n) is 15.3. The van der Waals surface area contributed by atoms with Gasteiger partial charge >= 0.3 is 6.18 Å². The Morgan fingerprint density at radius 1 is 1.14 bits per heavy atom. The van der Waals surface area contributed by atoms with E-state index in [4.69, 9.17) is 0 Å². The van der Waals surface area contributed by atoms with Crippen LogP contribution in [0.1, 0.15) is 16.7 Å². The van der Waals surface area contributed by atoms with E-state index in [1.165, 1.54) is 0 Å². The fraction of sp³-hybridized carbons (Fsp3) is 0.238. The lowest BCUT2D eigenvalue weighted by Crippen LogP contribution is -2.60. The second-order valence-electron chi connectivity index (χ2n) is 7.32. The summed E-state index contributed by atoms with van der Waals surface area (Å²) < 4.78 is 42.4. The van der Waals surface area contributed by atoms with Crippen molar-refractivity contribution in [1.82, 2.24) is 4.98 Å². The highest BCUT2D eigenvalue weighted by Crippen LogP contribution is 2.51. The number of aryl methyl sites for hydroxylation is 1. The first-order chi connectivity index (χ1) is 13.8. The molecule has 4 nitrogen and oxygen atoms in total. The molecular weight excluding hydrogens is 399 g/mol. The predicted octanol–water partition coefficient (Wildman–Crippen LogP) is 4.77. The number of thiazole rings is 1. The maximum atomic E-state index is 14.1. The van der Waals surface area contributed by atoms with Crippen molar-refractivity contribution in [2.75, 3.05) is 5.01 Å². The molecule has 0 saturated heterocycles. The number of nitrogens with zero attached hydrogens (tertiary/aromatic N) is 3. The molecule has 2 aliphatic rings. The van der Waals surface area contributed by atoms with Gasteiger partial charge in [-0.05, 0) is 18.9 Å². The minimum Gasteiger partial charge on any atom is -0.362 e. The number of fused-ring (bicyclic) bond motifs is 3. The molecule has 3 aromatic rings. The summed E-state index contributed by atoms with van der Waals surface area (Å²) >= 11 is 1.03. The first-order valence-electron chi connectivity index (χ1n) is 9.07. The number of aromatic nitrogens is 1. The topological polar surface area (TPSA) is 48.7 Å². The van der Waals surface area contributed by atoms with Gasteiger partial charge in [0, 0.05) is 16.5 Å². The maximum Gasteiger partial charge on any atom is 0.439 e. The molecule has 29 heavy (non-hydrogen) atoms. The average molecular weight is 415 g/mol. The lowest BCUT2D eigenvalue weighted by molar-refractivity contribution is -0.267. The molecule has 0 amide bonds. The lowest BCUT2D eigenvalue weighted by Gasteiger charge is -2.36. The summed E-state index contributed by atoms with van der Waals surface area (Å²) in [6.45, 7) is 1.95. The Morgan fingerprint density at radius 3 is 2.59 bits per heavy atom. The molecule has 0 fully saturated rings. The molecule has 0 saturated carbocycles. The third kappa shape index (κ3) is 2.63. The van der Waals surface area contributed by atoms with Crippen molar-refractivity contribution in [2.24, 2.45) is 11.0 Å². The molecule has 0 bridgehead atoms. The lowest BCUT2D eigenvalue weighted by atomic mass is 9.91. The summed E-state index contributed by atoms with van der Waals surface area (Å²) in [6, 6.07) is 14.6. The Kier molecular flexibility index (Phi) is 3.88. The monoisotopic (exact) mass is 415 g/mol. The van der Waals surface area contributed by atoms with Gasteiger partial charge < -0.3 is 5.11 Å².